The monoisotopic (exact) mass is 531 g/mol. The van der Waals surface area contributed by atoms with Gasteiger partial charge in [-0.1, -0.05) is 6.07 Å². The predicted molar refractivity (Wildman–Crippen MR) is 141 cm³/mol. The molecule has 3 aliphatic rings. The van der Waals surface area contributed by atoms with Crippen molar-refractivity contribution in [1.82, 2.24) is 30.3 Å². The lowest BCUT2D eigenvalue weighted by Crippen LogP contribution is -2.52. The van der Waals surface area contributed by atoms with E-state index in [1.807, 2.05) is 11.0 Å². The van der Waals surface area contributed by atoms with Gasteiger partial charge in [-0.25, -0.2) is 9.78 Å². The molecule has 0 saturated carbocycles. The summed E-state index contributed by atoms with van der Waals surface area (Å²) in [6.07, 6.45) is 0.959. The first-order valence-electron chi connectivity index (χ1n) is 12.8. The van der Waals surface area contributed by atoms with Crippen LogP contribution >= 0.6 is 0 Å². The number of carbonyl (C=O) groups is 3. The number of urea groups is 1. The Bertz CT molecular complexity index is 1520. The van der Waals surface area contributed by atoms with Crippen LogP contribution in [0.4, 0.5) is 4.79 Å². The summed E-state index contributed by atoms with van der Waals surface area (Å²) in [6.45, 7) is 3.49. The van der Waals surface area contributed by atoms with Crippen molar-refractivity contribution in [3.63, 3.8) is 0 Å². The first-order valence-corrected chi connectivity index (χ1v) is 12.8. The number of aromatic nitrogens is 1. The van der Waals surface area contributed by atoms with Crippen LogP contribution in [-0.4, -0.2) is 90.2 Å². The predicted octanol–water partition coefficient (Wildman–Crippen LogP) is 1.49. The first-order chi connectivity index (χ1) is 18.8. The van der Waals surface area contributed by atoms with E-state index in [0.29, 0.717) is 33.9 Å². The van der Waals surface area contributed by atoms with Crippen molar-refractivity contribution in [2.24, 2.45) is 0 Å². The fourth-order valence-electron chi connectivity index (χ4n) is 5.43. The summed E-state index contributed by atoms with van der Waals surface area (Å²) in [5, 5.41) is 13.7. The molecule has 0 spiro atoms. The van der Waals surface area contributed by atoms with Gasteiger partial charge in [-0.2, -0.15) is 0 Å². The maximum absolute atomic E-state index is 13.3. The molecule has 4 amide bonds. The molecule has 12 nitrogen and oxygen atoms in total. The van der Waals surface area contributed by atoms with Crippen LogP contribution in [0.2, 0.25) is 0 Å². The van der Waals surface area contributed by atoms with E-state index in [4.69, 9.17) is 14.6 Å². The smallest absolute Gasteiger partial charge is 0.322 e. The van der Waals surface area contributed by atoms with Crippen molar-refractivity contribution in [1.29, 1.82) is 5.41 Å². The van der Waals surface area contributed by atoms with Crippen molar-refractivity contribution in [3.05, 3.63) is 59.0 Å². The third-order valence-corrected chi connectivity index (χ3v) is 7.64. The number of benzene rings is 1. The van der Waals surface area contributed by atoms with Gasteiger partial charge < -0.3 is 29.2 Å². The van der Waals surface area contributed by atoms with Crippen molar-refractivity contribution in [2.75, 3.05) is 46.9 Å². The van der Waals surface area contributed by atoms with Crippen molar-refractivity contribution >= 4 is 34.8 Å². The van der Waals surface area contributed by atoms with Crippen LogP contribution in [0.25, 0.3) is 11.1 Å². The molecule has 0 unspecified atom stereocenters. The van der Waals surface area contributed by atoms with E-state index >= 15 is 0 Å². The number of rotatable bonds is 5. The average Bonchev–Trinajstić information content (AvgIpc) is 3.52. The zero-order valence-electron chi connectivity index (χ0n) is 21.7. The van der Waals surface area contributed by atoms with E-state index in [9.17, 15) is 14.4 Å². The highest BCUT2D eigenvalue weighted by atomic mass is 16.5. The molecule has 1 aromatic carbocycles. The van der Waals surface area contributed by atoms with Crippen LogP contribution in [0, 0.1) is 5.41 Å². The molecule has 2 saturated heterocycles. The van der Waals surface area contributed by atoms with E-state index in [2.05, 4.69) is 27.6 Å². The molecule has 6 rings (SSSR count). The lowest BCUT2D eigenvalue weighted by Gasteiger charge is -2.28. The minimum Gasteiger partial charge on any atom is -0.497 e. The number of pyridine rings is 1. The van der Waals surface area contributed by atoms with Gasteiger partial charge in [0.25, 0.3) is 11.8 Å². The Morgan fingerprint density at radius 3 is 2.74 bits per heavy atom. The molecule has 3 aromatic rings. The second-order valence-corrected chi connectivity index (χ2v) is 10.2. The van der Waals surface area contributed by atoms with Crippen LogP contribution in [0.15, 0.2) is 40.8 Å². The maximum atomic E-state index is 13.3. The molecule has 2 aromatic heterocycles. The van der Waals surface area contributed by atoms with Gasteiger partial charge in [0.2, 0.25) is 0 Å². The van der Waals surface area contributed by atoms with Crippen molar-refractivity contribution in [3.8, 4) is 5.75 Å². The molecule has 1 atom stereocenters. The molecule has 5 heterocycles. The van der Waals surface area contributed by atoms with Gasteiger partial charge in [-0.05, 0) is 49.8 Å². The van der Waals surface area contributed by atoms with Gasteiger partial charge in [0, 0.05) is 37.8 Å². The van der Waals surface area contributed by atoms with Crippen molar-refractivity contribution < 1.29 is 23.5 Å². The van der Waals surface area contributed by atoms with E-state index in [1.54, 1.807) is 30.3 Å². The summed E-state index contributed by atoms with van der Waals surface area (Å²) in [5.74, 6) is 0.157. The molecule has 3 aliphatic heterocycles. The molecule has 12 heteroatoms. The fraction of sp³-hybridized carbons (Fsp3) is 0.370. The lowest BCUT2D eigenvalue weighted by atomic mass is 9.95. The number of amides is 4. The first kappa shape index (κ1) is 24.9. The Labute approximate surface area is 224 Å². The zero-order chi connectivity index (χ0) is 27.3. The Balaban J connectivity index is 1.31. The minimum absolute atomic E-state index is 0.135. The van der Waals surface area contributed by atoms with Crippen LogP contribution in [0.5, 0.6) is 5.75 Å². The summed E-state index contributed by atoms with van der Waals surface area (Å²) in [6, 6.07) is 9.63. The zero-order valence-corrected chi connectivity index (χ0v) is 21.7. The summed E-state index contributed by atoms with van der Waals surface area (Å²) in [5.41, 5.74) is 1.01. The van der Waals surface area contributed by atoms with Crippen LogP contribution in [-0.2, 0) is 16.9 Å². The van der Waals surface area contributed by atoms with Crippen molar-refractivity contribution in [2.45, 2.75) is 18.5 Å². The average molecular weight is 532 g/mol. The van der Waals surface area contributed by atoms with Crippen LogP contribution in [0.1, 0.15) is 33.8 Å². The molecular formula is C27H29N7O5. The topological polar surface area (TPSA) is 144 Å². The second kappa shape index (κ2) is 9.38. The van der Waals surface area contributed by atoms with Gasteiger partial charge in [0.15, 0.2) is 11.1 Å². The Hall–Kier alpha value is -4.45. The van der Waals surface area contributed by atoms with E-state index in [0.717, 1.165) is 38.2 Å². The molecule has 202 valence electrons. The number of amidine groups is 1. The highest BCUT2D eigenvalue weighted by Crippen LogP contribution is 2.34. The number of carbonyl (C=O) groups excluding carboxylic acids is 3. The highest BCUT2D eigenvalue weighted by Gasteiger charge is 2.53. The lowest BCUT2D eigenvalue weighted by molar-refractivity contribution is -0.125. The Kier molecular flexibility index (Phi) is 5.98. The van der Waals surface area contributed by atoms with Gasteiger partial charge in [-0.15, -0.1) is 0 Å². The maximum Gasteiger partial charge on any atom is 0.322 e. The summed E-state index contributed by atoms with van der Waals surface area (Å²) in [7, 11) is 3.60. The molecule has 0 bridgehead atoms. The number of hydrogen-bond donors (Lipinski definition) is 3. The van der Waals surface area contributed by atoms with Gasteiger partial charge in [0.05, 0.1) is 13.7 Å². The molecule has 0 radical (unpaired) electrons. The molecule has 39 heavy (non-hydrogen) atoms. The number of nitrogens with zero attached hydrogens (tertiary/aromatic N) is 4. The normalized spacial score (nSPS) is 21.6. The quantitative estimate of drug-likeness (QED) is 0.255. The van der Waals surface area contributed by atoms with Crippen LogP contribution < -0.4 is 15.4 Å². The number of fused-ring (bicyclic) bond motifs is 2. The van der Waals surface area contributed by atoms with E-state index < -0.39 is 17.5 Å². The van der Waals surface area contributed by atoms with Gasteiger partial charge >= 0.3 is 6.03 Å². The number of ether oxygens (including phenoxy) is 1. The minimum atomic E-state index is -1.64. The highest BCUT2D eigenvalue weighted by molar-refractivity contribution is 6.08. The molecule has 0 aliphatic carbocycles. The number of nitrogens with one attached hydrogen (secondary N) is 3. The second-order valence-electron chi connectivity index (χ2n) is 10.2. The fourth-order valence-corrected chi connectivity index (χ4v) is 5.43. The Morgan fingerprint density at radius 1 is 1.13 bits per heavy atom. The van der Waals surface area contributed by atoms with Crippen LogP contribution in [0.3, 0.4) is 0 Å². The van der Waals surface area contributed by atoms with Gasteiger partial charge in [-0.3, -0.25) is 20.3 Å². The third kappa shape index (κ3) is 4.26. The standard InChI is InChI=1S/C27H29N7O5/c1-32-8-3-9-33(11-10-32)23(28)19-6-7-21-20(29-19)13-22(39-21)27(25(36)30-26(37)31-27)15-34-14-16-4-5-17(38-2)12-18(16)24(34)35/h4-7,12-13,28H,3,8-11,14-15H2,1-2H3,(H2,30,31,36,37)/t27-/m0/s1. The number of likely N-dealkylation sites (N-methyl/N-ethyl adjacent to an activating group) is 1. The number of imide groups is 1. The molecule has 3 N–H and O–H groups in total. The van der Waals surface area contributed by atoms with Gasteiger partial charge in [0.1, 0.15) is 28.6 Å². The molecular weight excluding hydrogens is 502 g/mol. The van der Waals surface area contributed by atoms with E-state index in [1.165, 1.54) is 12.0 Å². The number of methoxy groups -OCH3 is 1. The summed E-state index contributed by atoms with van der Waals surface area (Å²) >= 11 is 0. The Morgan fingerprint density at radius 2 is 1.97 bits per heavy atom. The molecule has 2 fully saturated rings. The van der Waals surface area contributed by atoms with E-state index in [-0.39, 0.29) is 24.8 Å². The largest absolute Gasteiger partial charge is 0.497 e. The summed E-state index contributed by atoms with van der Waals surface area (Å²) in [4.78, 5) is 49.2. The third-order valence-electron chi connectivity index (χ3n) is 7.64. The number of furan rings is 1. The SMILES string of the molecule is COc1ccc2c(c1)C(=O)N(C[C@@]1(c3cc4nc(C(=N)N5CCCN(C)CC5)ccc4o3)NC(=O)NC1=O)C2. The summed E-state index contributed by atoms with van der Waals surface area (Å²) < 4.78 is 11.3. The number of hydrogen-bond acceptors (Lipinski definition) is 8.